The first-order chi connectivity index (χ1) is 12.7. The molecule has 0 unspecified atom stereocenters. The van der Waals surface area contributed by atoms with Crippen LogP contribution in [0.15, 0.2) is 28.6 Å². The van der Waals surface area contributed by atoms with Crippen molar-refractivity contribution >= 4 is 34.9 Å². The van der Waals surface area contributed by atoms with Gasteiger partial charge in [-0.1, -0.05) is 12.1 Å². The minimum absolute atomic E-state index is 0.00245. The molecule has 1 heterocycles. The van der Waals surface area contributed by atoms with Gasteiger partial charge < -0.3 is 10.2 Å². The van der Waals surface area contributed by atoms with Crippen LogP contribution >= 0.6 is 23.1 Å². The molecule has 1 N–H and O–H groups in total. The highest BCUT2D eigenvalue weighted by Gasteiger charge is 2.39. The maximum Gasteiger partial charge on any atom is 0.427 e. The number of hydrogen-bond donors (Lipinski definition) is 1. The number of thiazole rings is 1. The Morgan fingerprint density at radius 1 is 1.33 bits per heavy atom. The first kappa shape index (κ1) is 21.2. The molecular weight excluding hydrogens is 399 g/mol. The van der Waals surface area contributed by atoms with Crippen LogP contribution in [0.1, 0.15) is 26.5 Å². The molecule has 0 saturated heterocycles. The third kappa shape index (κ3) is 5.23. The van der Waals surface area contributed by atoms with Crippen LogP contribution in [0.5, 0.6) is 0 Å². The molecule has 0 radical (unpaired) electrons. The van der Waals surface area contributed by atoms with E-state index in [0.29, 0.717) is 11.3 Å². The number of likely N-dealkylation sites (N-methyl/N-ethyl adjacent to an activating group) is 1. The molecule has 0 aliphatic carbocycles. The van der Waals surface area contributed by atoms with Crippen LogP contribution in [0.4, 0.5) is 13.2 Å². The SMILES string of the molecule is CNC(=O)CN(Cc1ccc(C)cc1SC)C(=O)c1ncsc1C(F)(F)F. The molecule has 0 saturated carbocycles. The van der Waals surface area contributed by atoms with Gasteiger partial charge in [-0.05, 0) is 30.4 Å². The van der Waals surface area contributed by atoms with Gasteiger partial charge >= 0.3 is 6.18 Å². The maximum absolute atomic E-state index is 13.1. The molecule has 2 rings (SSSR count). The van der Waals surface area contributed by atoms with E-state index in [4.69, 9.17) is 0 Å². The molecule has 0 bridgehead atoms. The topological polar surface area (TPSA) is 62.3 Å². The van der Waals surface area contributed by atoms with Gasteiger partial charge in [-0.25, -0.2) is 4.98 Å². The average molecular weight is 417 g/mol. The number of benzene rings is 1. The number of amides is 2. The average Bonchev–Trinajstić information content (AvgIpc) is 3.11. The van der Waals surface area contributed by atoms with Gasteiger partial charge in [-0.3, -0.25) is 9.59 Å². The summed E-state index contributed by atoms with van der Waals surface area (Å²) in [6.07, 6.45) is -2.81. The molecular formula is C17H18F3N3O2S2. The van der Waals surface area contributed by atoms with E-state index >= 15 is 0 Å². The number of carbonyl (C=O) groups excluding carboxylic acids is 2. The van der Waals surface area contributed by atoms with Crippen LogP contribution < -0.4 is 5.32 Å². The van der Waals surface area contributed by atoms with E-state index in [1.807, 2.05) is 25.3 Å². The van der Waals surface area contributed by atoms with Gasteiger partial charge in [0.25, 0.3) is 5.91 Å². The fourth-order valence-electron chi connectivity index (χ4n) is 2.39. The summed E-state index contributed by atoms with van der Waals surface area (Å²) >= 11 is 1.82. The normalized spacial score (nSPS) is 11.3. The third-order valence-electron chi connectivity index (χ3n) is 3.73. The predicted octanol–water partition coefficient (Wildman–Crippen LogP) is 3.58. The van der Waals surface area contributed by atoms with Crippen molar-refractivity contribution in [2.24, 2.45) is 0 Å². The summed E-state index contributed by atoms with van der Waals surface area (Å²) in [5, 5.41) is 2.39. The number of rotatable bonds is 6. The van der Waals surface area contributed by atoms with Crippen molar-refractivity contribution in [1.82, 2.24) is 15.2 Å². The molecule has 0 spiro atoms. The monoisotopic (exact) mass is 417 g/mol. The van der Waals surface area contributed by atoms with Crippen LogP contribution in [0, 0.1) is 6.92 Å². The highest BCUT2D eigenvalue weighted by atomic mass is 32.2. The number of hydrogen-bond acceptors (Lipinski definition) is 5. The van der Waals surface area contributed by atoms with Crippen molar-refractivity contribution in [1.29, 1.82) is 0 Å². The Morgan fingerprint density at radius 2 is 2.04 bits per heavy atom. The Morgan fingerprint density at radius 3 is 2.63 bits per heavy atom. The summed E-state index contributed by atoms with van der Waals surface area (Å²) < 4.78 is 39.4. The summed E-state index contributed by atoms with van der Waals surface area (Å²) in [6, 6.07) is 5.57. The zero-order valence-electron chi connectivity index (χ0n) is 14.9. The zero-order valence-corrected chi connectivity index (χ0v) is 16.5. The standard InChI is InChI=1S/C17H18F3N3O2S2/c1-10-4-5-11(12(6-10)26-3)7-23(8-13(24)21-2)16(25)14-15(17(18,19)20)27-9-22-14/h4-6,9H,7-8H2,1-3H3,(H,21,24). The van der Waals surface area contributed by atoms with Gasteiger partial charge in [0.1, 0.15) is 11.4 Å². The van der Waals surface area contributed by atoms with Crippen LogP contribution in [-0.4, -0.2) is 41.5 Å². The molecule has 0 atom stereocenters. The van der Waals surface area contributed by atoms with E-state index in [0.717, 1.165) is 26.4 Å². The smallest absolute Gasteiger partial charge is 0.358 e. The number of aryl methyl sites for hydroxylation is 1. The lowest BCUT2D eigenvalue weighted by atomic mass is 10.1. The Hall–Kier alpha value is -2.07. The van der Waals surface area contributed by atoms with Gasteiger partial charge in [-0.2, -0.15) is 13.2 Å². The Balaban J connectivity index is 2.39. The molecule has 0 fully saturated rings. The lowest BCUT2D eigenvalue weighted by Crippen LogP contribution is -2.40. The molecule has 2 amide bonds. The number of nitrogens with zero attached hydrogens (tertiary/aromatic N) is 2. The number of halogens is 3. The van der Waals surface area contributed by atoms with Crippen molar-refractivity contribution in [3.05, 3.63) is 45.4 Å². The second-order valence-corrected chi connectivity index (χ2v) is 7.38. The van der Waals surface area contributed by atoms with Crippen LogP contribution in [0.25, 0.3) is 0 Å². The van der Waals surface area contributed by atoms with Gasteiger partial charge in [0.2, 0.25) is 5.91 Å². The number of aromatic nitrogens is 1. The lowest BCUT2D eigenvalue weighted by Gasteiger charge is -2.23. The summed E-state index contributed by atoms with van der Waals surface area (Å²) in [7, 11) is 1.40. The number of thioether (sulfide) groups is 1. The molecule has 27 heavy (non-hydrogen) atoms. The van der Waals surface area contributed by atoms with Gasteiger partial charge in [0.15, 0.2) is 5.69 Å². The van der Waals surface area contributed by atoms with Crippen molar-refractivity contribution in [2.45, 2.75) is 24.5 Å². The van der Waals surface area contributed by atoms with E-state index in [1.54, 1.807) is 6.07 Å². The number of nitrogens with one attached hydrogen (secondary N) is 1. The summed E-state index contributed by atoms with van der Waals surface area (Å²) in [4.78, 5) is 29.1. The van der Waals surface area contributed by atoms with Crippen molar-refractivity contribution in [3.63, 3.8) is 0 Å². The molecule has 10 heteroatoms. The Kier molecular flexibility index (Phi) is 6.88. The fraction of sp³-hybridized carbons (Fsp3) is 0.353. The summed E-state index contributed by atoms with van der Waals surface area (Å²) in [5.74, 6) is -1.41. The largest absolute Gasteiger partial charge is 0.427 e. The molecule has 2 aromatic rings. The maximum atomic E-state index is 13.1. The third-order valence-corrected chi connectivity index (χ3v) is 5.42. The highest BCUT2D eigenvalue weighted by molar-refractivity contribution is 7.98. The zero-order chi connectivity index (χ0) is 20.2. The Labute approximate surface area is 163 Å². The number of carbonyl (C=O) groups is 2. The van der Waals surface area contributed by atoms with Gasteiger partial charge in [0, 0.05) is 18.5 Å². The highest BCUT2D eigenvalue weighted by Crippen LogP contribution is 2.35. The molecule has 146 valence electrons. The van der Waals surface area contributed by atoms with E-state index in [9.17, 15) is 22.8 Å². The lowest BCUT2D eigenvalue weighted by molar-refractivity contribution is -0.134. The first-order valence-corrected chi connectivity index (χ1v) is 9.91. The van der Waals surface area contributed by atoms with Crippen molar-refractivity contribution < 1.29 is 22.8 Å². The molecule has 1 aromatic carbocycles. The number of alkyl halides is 3. The minimum atomic E-state index is -4.68. The summed E-state index contributed by atoms with van der Waals surface area (Å²) in [6.45, 7) is 1.55. The van der Waals surface area contributed by atoms with Gasteiger partial charge in [0.05, 0.1) is 5.51 Å². The molecule has 0 aliphatic heterocycles. The van der Waals surface area contributed by atoms with Crippen LogP contribution in [0.2, 0.25) is 0 Å². The van der Waals surface area contributed by atoms with E-state index in [-0.39, 0.29) is 13.1 Å². The van der Waals surface area contributed by atoms with Crippen LogP contribution in [-0.2, 0) is 17.5 Å². The van der Waals surface area contributed by atoms with E-state index in [1.165, 1.54) is 18.8 Å². The second kappa shape index (κ2) is 8.75. The molecule has 5 nitrogen and oxygen atoms in total. The predicted molar refractivity (Wildman–Crippen MR) is 98.9 cm³/mol. The quantitative estimate of drug-likeness (QED) is 0.730. The van der Waals surface area contributed by atoms with Crippen molar-refractivity contribution in [2.75, 3.05) is 19.8 Å². The first-order valence-electron chi connectivity index (χ1n) is 7.81. The van der Waals surface area contributed by atoms with Crippen LogP contribution in [0.3, 0.4) is 0 Å². The fourth-order valence-corrected chi connectivity index (χ4v) is 3.74. The molecule has 0 aliphatic rings. The van der Waals surface area contributed by atoms with E-state index < -0.39 is 28.6 Å². The van der Waals surface area contributed by atoms with Crippen molar-refractivity contribution in [3.8, 4) is 0 Å². The summed E-state index contributed by atoms with van der Waals surface area (Å²) in [5.41, 5.74) is 2.06. The second-order valence-electron chi connectivity index (χ2n) is 5.68. The minimum Gasteiger partial charge on any atom is -0.358 e. The Bertz CT molecular complexity index is 837. The van der Waals surface area contributed by atoms with Gasteiger partial charge in [-0.15, -0.1) is 23.1 Å². The van der Waals surface area contributed by atoms with E-state index in [2.05, 4.69) is 10.3 Å². The molecule has 1 aromatic heterocycles.